The first-order valence-electron chi connectivity index (χ1n) is 9.92. The number of carbonyl (C=O) groups is 1. The maximum Gasteiger partial charge on any atom is 0.241 e. The number of nitrogens with one attached hydrogen (secondary N) is 1. The maximum absolute atomic E-state index is 12.7. The molecule has 0 unspecified atom stereocenters. The normalized spacial score (nSPS) is 12.1. The lowest BCUT2D eigenvalue weighted by Gasteiger charge is -2.24. The largest absolute Gasteiger partial charge is 0.497 e. The standard InChI is InChI=1S/C22H30N2O5S/c1-5-15-29-20-13-9-18(10-14-20)24(30(4,26)27)16-22(25)23-21(6-2)17-7-11-19(28-3)12-8-17/h7-14,21H,5-6,15-16H2,1-4H3,(H,23,25)/t21-/m0/s1. The van der Waals surface area contributed by atoms with Crippen molar-refractivity contribution >= 4 is 21.6 Å². The number of hydrogen-bond donors (Lipinski definition) is 1. The van der Waals surface area contributed by atoms with Gasteiger partial charge in [0.2, 0.25) is 15.9 Å². The van der Waals surface area contributed by atoms with Crippen LogP contribution < -0.4 is 19.1 Å². The summed E-state index contributed by atoms with van der Waals surface area (Å²) in [5, 5.41) is 2.92. The van der Waals surface area contributed by atoms with Crippen molar-refractivity contribution in [3.8, 4) is 11.5 Å². The molecule has 0 aromatic heterocycles. The summed E-state index contributed by atoms with van der Waals surface area (Å²) in [4.78, 5) is 12.7. The van der Waals surface area contributed by atoms with Crippen LogP contribution in [0, 0.1) is 0 Å². The van der Waals surface area contributed by atoms with Crippen LogP contribution in [0.5, 0.6) is 11.5 Å². The maximum atomic E-state index is 12.7. The van der Waals surface area contributed by atoms with E-state index in [4.69, 9.17) is 9.47 Å². The van der Waals surface area contributed by atoms with Gasteiger partial charge in [0.15, 0.2) is 0 Å². The quantitative estimate of drug-likeness (QED) is 0.585. The van der Waals surface area contributed by atoms with Crippen LogP contribution in [0.4, 0.5) is 5.69 Å². The zero-order valence-electron chi connectivity index (χ0n) is 17.9. The van der Waals surface area contributed by atoms with Gasteiger partial charge in [-0.15, -0.1) is 0 Å². The Morgan fingerprint density at radius 3 is 2.13 bits per heavy atom. The van der Waals surface area contributed by atoms with Crippen molar-refractivity contribution in [3.05, 3.63) is 54.1 Å². The number of hydrogen-bond acceptors (Lipinski definition) is 5. The average molecular weight is 435 g/mol. The lowest BCUT2D eigenvalue weighted by atomic mass is 10.0. The third-order valence-corrected chi connectivity index (χ3v) is 5.69. The van der Waals surface area contributed by atoms with E-state index in [-0.39, 0.29) is 18.5 Å². The molecule has 0 saturated carbocycles. The molecule has 0 aliphatic carbocycles. The second kappa shape index (κ2) is 10.9. The topological polar surface area (TPSA) is 84.9 Å². The third kappa shape index (κ3) is 6.66. The van der Waals surface area contributed by atoms with Gasteiger partial charge in [-0.3, -0.25) is 9.10 Å². The Bertz CT molecular complexity index is 912. The first kappa shape index (κ1) is 23.5. The highest BCUT2D eigenvalue weighted by Crippen LogP contribution is 2.23. The molecular weight excluding hydrogens is 404 g/mol. The van der Waals surface area contributed by atoms with Gasteiger partial charge in [-0.1, -0.05) is 26.0 Å². The summed E-state index contributed by atoms with van der Waals surface area (Å²) in [5.74, 6) is 1.01. The van der Waals surface area contributed by atoms with E-state index in [2.05, 4.69) is 5.32 Å². The minimum atomic E-state index is -3.64. The van der Waals surface area contributed by atoms with Gasteiger partial charge in [0.05, 0.1) is 31.7 Å². The van der Waals surface area contributed by atoms with Gasteiger partial charge in [0.25, 0.3) is 0 Å². The van der Waals surface area contributed by atoms with Gasteiger partial charge < -0.3 is 14.8 Å². The predicted octanol–water partition coefficient (Wildman–Crippen LogP) is 3.52. The van der Waals surface area contributed by atoms with Gasteiger partial charge in [0.1, 0.15) is 18.0 Å². The zero-order chi connectivity index (χ0) is 22.1. The molecule has 0 spiro atoms. The number of carbonyl (C=O) groups excluding carboxylic acids is 1. The van der Waals surface area contributed by atoms with Crippen molar-refractivity contribution in [1.82, 2.24) is 5.32 Å². The summed E-state index contributed by atoms with van der Waals surface area (Å²) in [6, 6.07) is 13.9. The molecule has 2 aromatic carbocycles. The molecule has 7 nitrogen and oxygen atoms in total. The van der Waals surface area contributed by atoms with Crippen molar-refractivity contribution in [2.24, 2.45) is 0 Å². The van der Waals surface area contributed by atoms with E-state index < -0.39 is 10.0 Å². The molecule has 1 atom stereocenters. The molecule has 30 heavy (non-hydrogen) atoms. The fourth-order valence-electron chi connectivity index (χ4n) is 2.96. The number of nitrogens with zero attached hydrogens (tertiary/aromatic N) is 1. The molecule has 0 radical (unpaired) electrons. The Morgan fingerprint density at radius 1 is 1.03 bits per heavy atom. The second-order valence-electron chi connectivity index (χ2n) is 6.91. The van der Waals surface area contributed by atoms with E-state index in [0.29, 0.717) is 24.5 Å². The molecule has 2 aromatic rings. The molecular formula is C22H30N2O5S. The highest BCUT2D eigenvalue weighted by molar-refractivity contribution is 7.92. The smallest absolute Gasteiger partial charge is 0.241 e. The van der Waals surface area contributed by atoms with E-state index in [9.17, 15) is 13.2 Å². The van der Waals surface area contributed by atoms with Crippen molar-refractivity contribution < 1.29 is 22.7 Å². The van der Waals surface area contributed by atoms with E-state index in [0.717, 1.165) is 28.3 Å². The Labute approximate surface area is 179 Å². The molecule has 0 heterocycles. The fourth-order valence-corrected chi connectivity index (χ4v) is 3.81. The molecule has 0 aliphatic rings. The predicted molar refractivity (Wildman–Crippen MR) is 119 cm³/mol. The molecule has 0 bridgehead atoms. The number of methoxy groups -OCH3 is 1. The van der Waals surface area contributed by atoms with Gasteiger partial charge >= 0.3 is 0 Å². The number of ether oxygens (including phenoxy) is 2. The van der Waals surface area contributed by atoms with Crippen LogP contribution in [0.3, 0.4) is 0 Å². The molecule has 8 heteroatoms. The minimum absolute atomic E-state index is 0.227. The number of sulfonamides is 1. The monoisotopic (exact) mass is 434 g/mol. The number of anilines is 1. The highest BCUT2D eigenvalue weighted by atomic mass is 32.2. The summed E-state index contributed by atoms with van der Waals surface area (Å²) >= 11 is 0. The van der Waals surface area contributed by atoms with Gasteiger partial charge in [-0.25, -0.2) is 8.42 Å². The van der Waals surface area contributed by atoms with Crippen LogP contribution in [0.1, 0.15) is 38.3 Å². The van der Waals surface area contributed by atoms with Crippen LogP contribution in [0.15, 0.2) is 48.5 Å². The molecule has 0 aliphatic heterocycles. The van der Waals surface area contributed by atoms with E-state index in [1.807, 2.05) is 38.1 Å². The first-order valence-corrected chi connectivity index (χ1v) is 11.8. The molecule has 0 saturated heterocycles. The lowest BCUT2D eigenvalue weighted by molar-refractivity contribution is -0.120. The second-order valence-corrected chi connectivity index (χ2v) is 8.82. The fraction of sp³-hybridized carbons (Fsp3) is 0.409. The summed E-state index contributed by atoms with van der Waals surface area (Å²) in [6.45, 7) is 4.24. The Hall–Kier alpha value is -2.74. The van der Waals surface area contributed by atoms with Crippen molar-refractivity contribution in [2.45, 2.75) is 32.7 Å². The van der Waals surface area contributed by atoms with E-state index >= 15 is 0 Å². The first-order chi connectivity index (χ1) is 14.3. The van der Waals surface area contributed by atoms with Crippen LogP contribution in [0.25, 0.3) is 0 Å². The number of rotatable bonds is 11. The summed E-state index contributed by atoms with van der Waals surface area (Å²) < 4.78 is 36.4. The summed E-state index contributed by atoms with van der Waals surface area (Å²) in [6.07, 6.45) is 2.63. The van der Waals surface area contributed by atoms with E-state index in [1.165, 1.54) is 0 Å². The molecule has 1 N–H and O–H groups in total. The minimum Gasteiger partial charge on any atom is -0.497 e. The van der Waals surface area contributed by atoms with Crippen LogP contribution in [-0.4, -0.2) is 40.8 Å². The van der Waals surface area contributed by atoms with Gasteiger partial charge in [0, 0.05) is 0 Å². The third-order valence-electron chi connectivity index (χ3n) is 4.55. The summed E-state index contributed by atoms with van der Waals surface area (Å²) in [7, 11) is -2.05. The van der Waals surface area contributed by atoms with Crippen LogP contribution in [0.2, 0.25) is 0 Å². The summed E-state index contributed by atoms with van der Waals surface area (Å²) in [5.41, 5.74) is 1.34. The van der Waals surface area contributed by atoms with Crippen molar-refractivity contribution in [2.75, 3.05) is 30.8 Å². The Kier molecular flexibility index (Phi) is 8.53. The number of amides is 1. The lowest BCUT2D eigenvalue weighted by Crippen LogP contribution is -2.41. The van der Waals surface area contributed by atoms with Gasteiger partial charge in [-0.05, 0) is 54.8 Å². The highest BCUT2D eigenvalue weighted by Gasteiger charge is 2.22. The Balaban J connectivity index is 2.12. The molecule has 1 amide bonds. The van der Waals surface area contributed by atoms with E-state index in [1.54, 1.807) is 31.4 Å². The van der Waals surface area contributed by atoms with Crippen molar-refractivity contribution in [1.29, 1.82) is 0 Å². The SMILES string of the molecule is CCCOc1ccc(N(CC(=O)N[C@@H](CC)c2ccc(OC)cc2)S(C)(=O)=O)cc1. The molecule has 0 fully saturated rings. The van der Waals surface area contributed by atoms with Crippen LogP contribution in [-0.2, 0) is 14.8 Å². The van der Waals surface area contributed by atoms with Crippen LogP contribution >= 0.6 is 0 Å². The molecule has 2 rings (SSSR count). The average Bonchev–Trinajstić information content (AvgIpc) is 2.74. The Morgan fingerprint density at radius 2 is 1.63 bits per heavy atom. The zero-order valence-corrected chi connectivity index (χ0v) is 18.7. The van der Waals surface area contributed by atoms with Gasteiger partial charge in [-0.2, -0.15) is 0 Å². The van der Waals surface area contributed by atoms with Crippen molar-refractivity contribution in [3.63, 3.8) is 0 Å². The number of benzene rings is 2. The molecule has 164 valence electrons.